The Bertz CT molecular complexity index is 673. The van der Waals surface area contributed by atoms with E-state index in [1.807, 2.05) is 38.1 Å². The highest BCUT2D eigenvalue weighted by Crippen LogP contribution is 2.26. The molecule has 1 N–H and O–H groups in total. The van der Waals surface area contributed by atoms with Gasteiger partial charge in [0.05, 0.1) is 4.47 Å². The molecule has 0 aliphatic heterocycles. The number of benzene rings is 2. The van der Waals surface area contributed by atoms with Crippen LogP contribution >= 0.6 is 27.5 Å². The van der Waals surface area contributed by atoms with E-state index in [0.29, 0.717) is 16.5 Å². The lowest BCUT2D eigenvalue weighted by molar-refractivity contribution is -0.118. The molecule has 0 fully saturated rings. The molecule has 2 aromatic rings. The Hall–Kier alpha value is -1.52. The molecule has 0 atom stereocenters. The molecule has 110 valence electrons. The van der Waals surface area contributed by atoms with Gasteiger partial charge in [0.2, 0.25) is 0 Å². The average molecular weight is 369 g/mol. The van der Waals surface area contributed by atoms with E-state index in [1.54, 1.807) is 12.1 Å². The number of rotatable bonds is 4. The summed E-state index contributed by atoms with van der Waals surface area (Å²) in [5.41, 5.74) is 2.76. The lowest BCUT2D eigenvalue weighted by atomic mass is 10.2. The number of nitrogens with one attached hydrogen (secondary N) is 1. The van der Waals surface area contributed by atoms with Gasteiger partial charge in [-0.2, -0.15) is 0 Å². The zero-order valence-electron chi connectivity index (χ0n) is 11.7. The molecular weight excluding hydrogens is 354 g/mol. The van der Waals surface area contributed by atoms with Gasteiger partial charge in [-0.3, -0.25) is 4.79 Å². The second-order valence-electron chi connectivity index (χ2n) is 4.73. The summed E-state index contributed by atoms with van der Waals surface area (Å²) < 4.78 is 6.33. The van der Waals surface area contributed by atoms with Gasteiger partial charge in [-0.25, -0.2) is 0 Å². The van der Waals surface area contributed by atoms with Crippen molar-refractivity contribution in [1.82, 2.24) is 0 Å². The van der Waals surface area contributed by atoms with Crippen molar-refractivity contribution < 1.29 is 9.53 Å². The number of ether oxygens (including phenoxy) is 1. The molecular formula is C16H15BrClNO2. The Morgan fingerprint density at radius 3 is 2.71 bits per heavy atom. The highest BCUT2D eigenvalue weighted by atomic mass is 79.9. The predicted octanol–water partition coefficient (Wildman–Crippen LogP) is 4.74. The Morgan fingerprint density at radius 1 is 1.24 bits per heavy atom. The van der Waals surface area contributed by atoms with Gasteiger partial charge >= 0.3 is 0 Å². The van der Waals surface area contributed by atoms with Crippen LogP contribution in [0, 0.1) is 13.8 Å². The number of halogens is 2. The first-order valence-corrected chi connectivity index (χ1v) is 7.58. The summed E-state index contributed by atoms with van der Waals surface area (Å²) in [5, 5.41) is 3.37. The van der Waals surface area contributed by atoms with E-state index in [1.165, 1.54) is 0 Å². The van der Waals surface area contributed by atoms with E-state index in [4.69, 9.17) is 16.3 Å². The molecule has 0 aliphatic carbocycles. The fourth-order valence-electron chi connectivity index (χ4n) is 1.78. The SMILES string of the molecule is Cc1ccc(OCC(=O)Nc2cc(Cl)ccc2C)c(Br)c1. The molecule has 0 aliphatic rings. The van der Waals surface area contributed by atoms with Crippen LogP contribution in [0.2, 0.25) is 5.02 Å². The molecule has 0 saturated heterocycles. The van der Waals surface area contributed by atoms with Gasteiger partial charge in [-0.1, -0.05) is 23.7 Å². The Morgan fingerprint density at radius 2 is 2.00 bits per heavy atom. The first-order chi connectivity index (χ1) is 9.95. The third-order valence-electron chi connectivity index (χ3n) is 2.92. The number of aryl methyl sites for hydroxylation is 2. The number of amides is 1. The fraction of sp³-hybridized carbons (Fsp3) is 0.188. The van der Waals surface area contributed by atoms with Crippen molar-refractivity contribution in [2.75, 3.05) is 11.9 Å². The normalized spacial score (nSPS) is 10.3. The van der Waals surface area contributed by atoms with E-state index in [0.717, 1.165) is 15.6 Å². The lowest BCUT2D eigenvalue weighted by Crippen LogP contribution is -2.20. The molecule has 0 aromatic heterocycles. The highest BCUT2D eigenvalue weighted by Gasteiger charge is 2.08. The molecule has 1 amide bonds. The maximum atomic E-state index is 11.9. The van der Waals surface area contributed by atoms with Crippen molar-refractivity contribution in [3.05, 3.63) is 57.0 Å². The van der Waals surface area contributed by atoms with Crippen molar-refractivity contribution in [2.24, 2.45) is 0 Å². The van der Waals surface area contributed by atoms with Crippen molar-refractivity contribution in [3.8, 4) is 5.75 Å². The van der Waals surface area contributed by atoms with Gasteiger partial charge in [0.1, 0.15) is 5.75 Å². The maximum Gasteiger partial charge on any atom is 0.262 e. The zero-order chi connectivity index (χ0) is 15.4. The van der Waals surface area contributed by atoms with Gasteiger partial charge in [0.15, 0.2) is 6.61 Å². The van der Waals surface area contributed by atoms with Gasteiger partial charge in [-0.05, 0) is 65.2 Å². The van der Waals surface area contributed by atoms with Crippen LogP contribution in [-0.4, -0.2) is 12.5 Å². The van der Waals surface area contributed by atoms with Crippen molar-refractivity contribution in [1.29, 1.82) is 0 Å². The summed E-state index contributed by atoms with van der Waals surface area (Å²) >= 11 is 9.33. The van der Waals surface area contributed by atoms with E-state index in [9.17, 15) is 4.79 Å². The van der Waals surface area contributed by atoms with Crippen LogP contribution in [0.4, 0.5) is 5.69 Å². The van der Waals surface area contributed by atoms with Crippen LogP contribution in [0.1, 0.15) is 11.1 Å². The molecule has 0 unspecified atom stereocenters. The number of anilines is 1. The Kier molecular flexibility index (Phi) is 5.26. The molecule has 0 bridgehead atoms. The number of carbonyl (C=O) groups excluding carboxylic acids is 1. The topological polar surface area (TPSA) is 38.3 Å². The van der Waals surface area contributed by atoms with Crippen molar-refractivity contribution in [2.45, 2.75) is 13.8 Å². The van der Waals surface area contributed by atoms with Crippen LogP contribution in [0.25, 0.3) is 0 Å². The summed E-state index contributed by atoms with van der Waals surface area (Å²) in [7, 11) is 0. The minimum Gasteiger partial charge on any atom is -0.483 e. The quantitative estimate of drug-likeness (QED) is 0.846. The van der Waals surface area contributed by atoms with Crippen LogP contribution in [0.3, 0.4) is 0 Å². The van der Waals surface area contributed by atoms with E-state index in [2.05, 4.69) is 21.2 Å². The smallest absolute Gasteiger partial charge is 0.262 e. The summed E-state index contributed by atoms with van der Waals surface area (Å²) in [6.07, 6.45) is 0. The van der Waals surface area contributed by atoms with E-state index in [-0.39, 0.29) is 12.5 Å². The van der Waals surface area contributed by atoms with Crippen LogP contribution in [0.5, 0.6) is 5.75 Å². The maximum absolute atomic E-state index is 11.9. The van der Waals surface area contributed by atoms with Crippen LogP contribution in [-0.2, 0) is 4.79 Å². The molecule has 21 heavy (non-hydrogen) atoms. The second-order valence-corrected chi connectivity index (χ2v) is 6.02. The molecule has 3 nitrogen and oxygen atoms in total. The van der Waals surface area contributed by atoms with Gasteiger partial charge in [0.25, 0.3) is 5.91 Å². The van der Waals surface area contributed by atoms with Crippen LogP contribution < -0.4 is 10.1 Å². The Balaban J connectivity index is 1.97. The number of hydrogen-bond donors (Lipinski definition) is 1. The molecule has 2 rings (SSSR count). The molecule has 2 aromatic carbocycles. The molecule has 0 heterocycles. The standard InChI is InChI=1S/C16H15BrClNO2/c1-10-3-6-15(13(17)7-10)21-9-16(20)19-14-8-12(18)5-4-11(14)2/h3-8H,9H2,1-2H3,(H,19,20). The van der Waals surface area contributed by atoms with Crippen molar-refractivity contribution >= 4 is 39.1 Å². The first-order valence-electron chi connectivity index (χ1n) is 6.40. The summed E-state index contributed by atoms with van der Waals surface area (Å²) in [6.45, 7) is 3.83. The Labute approximate surface area is 137 Å². The number of hydrogen-bond acceptors (Lipinski definition) is 2. The average Bonchev–Trinajstić information content (AvgIpc) is 2.42. The van der Waals surface area contributed by atoms with Gasteiger partial charge < -0.3 is 10.1 Å². The molecule has 0 radical (unpaired) electrons. The van der Waals surface area contributed by atoms with Gasteiger partial charge in [-0.15, -0.1) is 0 Å². The fourth-order valence-corrected chi connectivity index (χ4v) is 2.56. The largest absolute Gasteiger partial charge is 0.483 e. The first kappa shape index (κ1) is 15.9. The van der Waals surface area contributed by atoms with E-state index >= 15 is 0 Å². The summed E-state index contributed by atoms with van der Waals surface area (Å²) in [6, 6.07) is 11.1. The second kappa shape index (κ2) is 6.96. The monoisotopic (exact) mass is 367 g/mol. The molecule has 5 heteroatoms. The minimum atomic E-state index is -0.229. The summed E-state index contributed by atoms with van der Waals surface area (Å²) in [5.74, 6) is 0.409. The molecule has 0 saturated carbocycles. The molecule has 0 spiro atoms. The van der Waals surface area contributed by atoms with Crippen LogP contribution in [0.15, 0.2) is 40.9 Å². The van der Waals surface area contributed by atoms with Gasteiger partial charge in [0, 0.05) is 10.7 Å². The summed E-state index contributed by atoms with van der Waals surface area (Å²) in [4.78, 5) is 11.9. The number of carbonyl (C=O) groups is 1. The van der Waals surface area contributed by atoms with Crippen molar-refractivity contribution in [3.63, 3.8) is 0 Å². The lowest BCUT2D eigenvalue weighted by Gasteiger charge is -2.11. The highest BCUT2D eigenvalue weighted by molar-refractivity contribution is 9.10. The predicted molar refractivity (Wildman–Crippen MR) is 89.2 cm³/mol. The minimum absolute atomic E-state index is 0.0619. The third-order valence-corrected chi connectivity index (χ3v) is 3.77. The van der Waals surface area contributed by atoms with E-state index < -0.39 is 0 Å². The third kappa shape index (κ3) is 4.48. The zero-order valence-corrected chi connectivity index (χ0v) is 14.1.